The Balaban J connectivity index is 1.95. The first-order chi connectivity index (χ1) is 7.65. The van der Waals surface area contributed by atoms with Gasteiger partial charge < -0.3 is 5.32 Å². The molecule has 0 aromatic rings. The van der Waals surface area contributed by atoms with E-state index in [4.69, 9.17) is 0 Å². The van der Waals surface area contributed by atoms with Gasteiger partial charge >= 0.3 is 0 Å². The van der Waals surface area contributed by atoms with Crippen LogP contribution in [0.4, 0.5) is 0 Å². The summed E-state index contributed by atoms with van der Waals surface area (Å²) in [5.41, 5.74) is 0.490. The van der Waals surface area contributed by atoms with E-state index < -0.39 is 0 Å². The molecule has 1 saturated carbocycles. The zero-order valence-corrected chi connectivity index (χ0v) is 11.3. The second kappa shape index (κ2) is 5.05. The lowest BCUT2D eigenvalue weighted by Crippen LogP contribution is -2.63. The van der Waals surface area contributed by atoms with E-state index in [0.717, 1.165) is 12.0 Å². The van der Waals surface area contributed by atoms with E-state index in [1.807, 2.05) is 0 Å². The molecule has 0 amide bonds. The number of nitrogens with one attached hydrogen (secondary N) is 1. The molecule has 2 rings (SSSR count). The van der Waals surface area contributed by atoms with E-state index in [9.17, 15) is 0 Å². The van der Waals surface area contributed by atoms with Crippen LogP contribution in [0.15, 0.2) is 0 Å². The molecule has 1 saturated heterocycles. The Morgan fingerprint density at radius 3 is 2.56 bits per heavy atom. The first-order valence-corrected chi connectivity index (χ1v) is 7.14. The summed E-state index contributed by atoms with van der Waals surface area (Å²) in [4.78, 5) is 2.72. The molecule has 1 aliphatic heterocycles. The van der Waals surface area contributed by atoms with Gasteiger partial charge in [-0.25, -0.2) is 0 Å². The molecule has 94 valence electrons. The molecule has 2 fully saturated rings. The Morgan fingerprint density at radius 2 is 2.00 bits per heavy atom. The van der Waals surface area contributed by atoms with Gasteiger partial charge in [0.25, 0.3) is 0 Å². The molecule has 1 spiro atoms. The van der Waals surface area contributed by atoms with Crippen LogP contribution in [0.3, 0.4) is 0 Å². The molecule has 1 atom stereocenters. The van der Waals surface area contributed by atoms with E-state index in [2.05, 4.69) is 31.0 Å². The molecule has 0 radical (unpaired) electrons. The highest BCUT2D eigenvalue weighted by Gasteiger charge is 2.40. The van der Waals surface area contributed by atoms with Gasteiger partial charge in [-0.05, 0) is 31.7 Å². The number of likely N-dealkylation sites (N-methyl/N-ethyl adjacent to an activating group) is 1. The minimum atomic E-state index is 0.490. The van der Waals surface area contributed by atoms with Crippen molar-refractivity contribution in [2.45, 2.75) is 64.5 Å². The van der Waals surface area contributed by atoms with Crippen molar-refractivity contribution < 1.29 is 0 Å². The van der Waals surface area contributed by atoms with Crippen molar-refractivity contribution in [3.63, 3.8) is 0 Å². The molecule has 1 heterocycles. The molecule has 0 bridgehead atoms. The number of nitrogens with zero attached hydrogens (tertiary/aromatic N) is 1. The van der Waals surface area contributed by atoms with Gasteiger partial charge in [-0.1, -0.05) is 33.6 Å². The van der Waals surface area contributed by atoms with Gasteiger partial charge in [0, 0.05) is 24.7 Å². The largest absolute Gasteiger partial charge is 0.308 e. The average molecular weight is 224 g/mol. The first-order valence-electron chi connectivity index (χ1n) is 7.14. The van der Waals surface area contributed by atoms with Crippen LogP contribution in [0.1, 0.15) is 52.9 Å². The van der Waals surface area contributed by atoms with Gasteiger partial charge in [0.05, 0.1) is 0 Å². The van der Waals surface area contributed by atoms with Crippen LogP contribution >= 0.6 is 0 Å². The lowest BCUT2D eigenvalue weighted by atomic mass is 9.90. The third-order valence-electron chi connectivity index (χ3n) is 4.45. The fourth-order valence-corrected chi connectivity index (χ4v) is 3.57. The van der Waals surface area contributed by atoms with Gasteiger partial charge in [-0.2, -0.15) is 0 Å². The third kappa shape index (κ3) is 2.60. The Bertz CT molecular complexity index is 219. The van der Waals surface area contributed by atoms with Crippen LogP contribution in [0.2, 0.25) is 0 Å². The summed E-state index contributed by atoms with van der Waals surface area (Å²) in [5, 5.41) is 3.87. The summed E-state index contributed by atoms with van der Waals surface area (Å²) < 4.78 is 0. The van der Waals surface area contributed by atoms with E-state index in [-0.39, 0.29) is 0 Å². The summed E-state index contributed by atoms with van der Waals surface area (Å²) in [6.45, 7) is 10.7. The summed E-state index contributed by atoms with van der Waals surface area (Å²) in [5.74, 6) is 0.818. The smallest absolute Gasteiger partial charge is 0.0309 e. The average Bonchev–Trinajstić information content (AvgIpc) is 2.69. The monoisotopic (exact) mass is 224 g/mol. The Hall–Kier alpha value is -0.0800. The lowest BCUT2D eigenvalue weighted by Gasteiger charge is -2.46. The van der Waals surface area contributed by atoms with Crippen LogP contribution in [0.5, 0.6) is 0 Å². The van der Waals surface area contributed by atoms with Gasteiger partial charge in [0.1, 0.15) is 0 Å². The van der Waals surface area contributed by atoms with E-state index in [1.165, 1.54) is 51.7 Å². The first kappa shape index (κ1) is 12.4. The maximum Gasteiger partial charge on any atom is 0.0309 e. The highest BCUT2D eigenvalue weighted by atomic mass is 15.3. The molecule has 2 heteroatoms. The van der Waals surface area contributed by atoms with Gasteiger partial charge in [-0.15, -0.1) is 0 Å². The van der Waals surface area contributed by atoms with E-state index in [0.29, 0.717) is 5.54 Å². The fraction of sp³-hybridized carbons (Fsp3) is 1.00. The van der Waals surface area contributed by atoms with E-state index in [1.54, 1.807) is 0 Å². The molecule has 0 aromatic heterocycles. The molecule has 1 aliphatic carbocycles. The molecule has 2 nitrogen and oxygen atoms in total. The number of piperazine rings is 1. The molecular weight excluding hydrogens is 196 g/mol. The molecule has 1 N–H and O–H groups in total. The number of rotatable bonds is 3. The Labute approximate surface area is 101 Å². The van der Waals surface area contributed by atoms with Gasteiger partial charge in [-0.3, -0.25) is 4.90 Å². The standard InChI is InChI=1S/C14H28N2/c1-4-16-11-14(7-5-6-8-14)15-10-13(16)9-12(2)3/h12-13,15H,4-11H2,1-3H3. The quantitative estimate of drug-likeness (QED) is 0.793. The second-order valence-corrected chi connectivity index (χ2v) is 6.21. The molecule has 1 unspecified atom stereocenters. The van der Waals surface area contributed by atoms with Crippen molar-refractivity contribution in [2.24, 2.45) is 5.92 Å². The summed E-state index contributed by atoms with van der Waals surface area (Å²) in [6.07, 6.45) is 7.01. The van der Waals surface area contributed by atoms with Gasteiger partial charge in [0.15, 0.2) is 0 Å². The normalized spacial score (nSPS) is 30.4. The number of hydrogen-bond donors (Lipinski definition) is 1. The Morgan fingerprint density at radius 1 is 1.31 bits per heavy atom. The summed E-state index contributed by atoms with van der Waals surface area (Å²) in [7, 11) is 0. The number of hydrogen-bond acceptors (Lipinski definition) is 2. The van der Waals surface area contributed by atoms with Crippen LogP contribution < -0.4 is 5.32 Å². The highest BCUT2D eigenvalue weighted by molar-refractivity contribution is 5.00. The topological polar surface area (TPSA) is 15.3 Å². The van der Waals surface area contributed by atoms with Crippen molar-refractivity contribution in [1.82, 2.24) is 10.2 Å². The lowest BCUT2D eigenvalue weighted by molar-refractivity contribution is 0.0743. The fourth-order valence-electron chi connectivity index (χ4n) is 3.57. The predicted molar refractivity (Wildman–Crippen MR) is 69.7 cm³/mol. The molecule has 0 aromatic carbocycles. The van der Waals surface area contributed by atoms with Crippen LogP contribution in [-0.2, 0) is 0 Å². The zero-order valence-electron chi connectivity index (χ0n) is 11.3. The molecule has 16 heavy (non-hydrogen) atoms. The van der Waals surface area contributed by atoms with Crippen molar-refractivity contribution in [3.8, 4) is 0 Å². The van der Waals surface area contributed by atoms with Crippen LogP contribution in [-0.4, -0.2) is 36.1 Å². The second-order valence-electron chi connectivity index (χ2n) is 6.21. The minimum absolute atomic E-state index is 0.490. The van der Waals surface area contributed by atoms with Gasteiger partial charge in [0.2, 0.25) is 0 Å². The van der Waals surface area contributed by atoms with Crippen molar-refractivity contribution in [1.29, 1.82) is 0 Å². The highest BCUT2D eigenvalue weighted by Crippen LogP contribution is 2.33. The van der Waals surface area contributed by atoms with E-state index >= 15 is 0 Å². The zero-order chi connectivity index (χ0) is 11.6. The van der Waals surface area contributed by atoms with Crippen molar-refractivity contribution >= 4 is 0 Å². The Kier molecular flexibility index (Phi) is 3.91. The van der Waals surface area contributed by atoms with Crippen LogP contribution in [0.25, 0.3) is 0 Å². The maximum atomic E-state index is 3.87. The minimum Gasteiger partial charge on any atom is -0.308 e. The third-order valence-corrected chi connectivity index (χ3v) is 4.45. The summed E-state index contributed by atoms with van der Waals surface area (Å²) in [6, 6.07) is 0.774. The van der Waals surface area contributed by atoms with Crippen LogP contribution in [0, 0.1) is 5.92 Å². The predicted octanol–water partition coefficient (Wildman–Crippen LogP) is 2.64. The molecule has 2 aliphatic rings. The molecular formula is C14H28N2. The van der Waals surface area contributed by atoms with Crippen molar-refractivity contribution in [2.75, 3.05) is 19.6 Å². The summed E-state index contributed by atoms with van der Waals surface area (Å²) >= 11 is 0. The SMILES string of the molecule is CCN1CC2(CCCC2)NCC1CC(C)C. The maximum absolute atomic E-state index is 3.87. The van der Waals surface area contributed by atoms with Crippen molar-refractivity contribution in [3.05, 3.63) is 0 Å².